The molecule has 1 rings (SSSR count). The average molecular weight is 259 g/mol. The molecule has 0 aromatic heterocycles. The quantitative estimate of drug-likeness (QED) is 0.763. The van der Waals surface area contributed by atoms with Gasteiger partial charge in [-0.05, 0) is 51.4 Å². The van der Waals surface area contributed by atoms with Gasteiger partial charge in [0.15, 0.2) is 0 Å². The summed E-state index contributed by atoms with van der Waals surface area (Å²) in [4.78, 5) is 2.37. The molecule has 1 aromatic carbocycles. The third-order valence-corrected chi connectivity index (χ3v) is 3.48. The maximum Gasteiger partial charge on any atom is 0.0683 e. The lowest BCUT2D eigenvalue weighted by molar-refractivity contribution is 0.260. The molecule has 0 unspecified atom stereocenters. The van der Waals surface area contributed by atoms with E-state index in [-0.39, 0.29) is 5.41 Å². The van der Waals surface area contributed by atoms with Crippen molar-refractivity contribution in [2.75, 3.05) is 18.8 Å². The van der Waals surface area contributed by atoms with Crippen molar-refractivity contribution in [2.24, 2.45) is 5.41 Å². The molecular formula is C16H25N3. The van der Waals surface area contributed by atoms with Gasteiger partial charge in [0.1, 0.15) is 0 Å². The summed E-state index contributed by atoms with van der Waals surface area (Å²) in [5.74, 6) is 0. The standard InChI is InChI=1S/C16H25N3/c1-4-19(11-7-10-16(2,3)13-17)12-14-8-5-6-9-15(14)18/h5-6,8-9H,4,7,10-12,18H2,1-3H3. The Balaban J connectivity index is 2.47. The molecule has 0 atom stereocenters. The number of nitrogen functional groups attached to an aromatic ring is 1. The van der Waals surface area contributed by atoms with E-state index in [0.29, 0.717) is 0 Å². The first-order valence-electron chi connectivity index (χ1n) is 6.95. The summed E-state index contributed by atoms with van der Waals surface area (Å²) in [5, 5.41) is 9.01. The minimum absolute atomic E-state index is 0.217. The summed E-state index contributed by atoms with van der Waals surface area (Å²) < 4.78 is 0. The van der Waals surface area contributed by atoms with E-state index in [1.807, 2.05) is 32.0 Å². The van der Waals surface area contributed by atoms with Gasteiger partial charge in [-0.25, -0.2) is 0 Å². The fraction of sp³-hybridized carbons (Fsp3) is 0.562. The van der Waals surface area contributed by atoms with Crippen LogP contribution >= 0.6 is 0 Å². The molecule has 3 nitrogen and oxygen atoms in total. The van der Waals surface area contributed by atoms with Gasteiger partial charge >= 0.3 is 0 Å². The van der Waals surface area contributed by atoms with Crippen molar-refractivity contribution >= 4 is 5.69 Å². The molecule has 3 heteroatoms. The van der Waals surface area contributed by atoms with Crippen LogP contribution in [-0.4, -0.2) is 18.0 Å². The largest absolute Gasteiger partial charge is 0.398 e. The maximum absolute atomic E-state index is 9.01. The normalized spacial score (nSPS) is 11.5. The second kappa shape index (κ2) is 7.16. The molecule has 0 amide bonds. The van der Waals surface area contributed by atoms with E-state index >= 15 is 0 Å². The molecule has 0 radical (unpaired) electrons. The van der Waals surface area contributed by atoms with Crippen molar-refractivity contribution in [3.63, 3.8) is 0 Å². The number of para-hydroxylation sites is 1. The molecule has 0 fully saturated rings. The first-order chi connectivity index (χ1) is 8.98. The van der Waals surface area contributed by atoms with E-state index in [2.05, 4.69) is 24.0 Å². The molecule has 0 bridgehead atoms. The Kier molecular flexibility index (Phi) is 5.85. The maximum atomic E-state index is 9.01. The predicted molar refractivity (Wildman–Crippen MR) is 80.4 cm³/mol. The van der Waals surface area contributed by atoms with E-state index in [1.165, 1.54) is 5.56 Å². The Morgan fingerprint density at radius 2 is 2.00 bits per heavy atom. The Morgan fingerprint density at radius 3 is 2.58 bits per heavy atom. The highest BCUT2D eigenvalue weighted by molar-refractivity contribution is 5.46. The van der Waals surface area contributed by atoms with Gasteiger partial charge in [-0.1, -0.05) is 25.1 Å². The lowest BCUT2D eigenvalue weighted by atomic mass is 9.90. The monoisotopic (exact) mass is 259 g/mol. The van der Waals surface area contributed by atoms with Crippen LogP contribution in [0.3, 0.4) is 0 Å². The molecule has 0 spiro atoms. The minimum atomic E-state index is -0.217. The average Bonchev–Trinajstić information content (AvgIpc) is 2.39. The van der Waals surface area contributed by atoms with E-state index < -0.39 is 0 Å². The lowest BCUT2D eigenvalue weighted by Crippen LogP contribution is -2.25. The zero-order valence-electron chi connectivity index (χ0n) is 12.3. The van der Waals surface area contributed by atoms with Gasteiger partial charge in [0.05, 0.1) is 11.5 Å². The molecule has 0 aliphatic carbocycles. The number of nitrogens with two attached hydrogens (primary N) is 1. The molecule has 0 aliphatic heterocycles. The van der Waals surface area contributed by atoms with Crippen LogP contribution in [0.5, 0.6) is 0 Å². The molecule has 2 N–H and O–H groups in total. The van der Waals surface area contributed by atoms with Crippen molar-refractivity contribution in [1.82, 2.24) is 4.90 Å². The van der Waals surface area contributed by atoms with Gasteiger partial charge in [-0.2, -0.15) is 5.26 Å². The SMILES string of the molecule is CCN(CCCC(C)(C)C#N)Cc1ccccc1N. The van der Waals surface area contributed by atoms with Crippen molar-refractivity contribution in [1.29, 1.82) is 5.26 Å². The fourth-order valence-electron chi connectivity index (χ4n) is 2.07. The first kappa shape index (κ1) is 15.5. The summed E-state index contributed by atoms with van der Waals surface area (Å²) in [7, 11) is 0. The van der Waals surface area contributed by atoms with Gasteiger partial charge < -0.3 is 5.73 Å². The fourth-order valence-corrected chi connectivity index (χ4v) is 2.07. The predicted octanol–water partition coefficient (Wildman–Crippen LogP) is 3.42. The molecule has 0 aliphatic rings. The highest BCUT2D eigenvalue weighted by atomic mass is 15.1. The summed E-state index contributed by atoms with van der Waals surface area (Å²) in [6, 6.07) is 10.4. The van der Waals surface area contributed by atoms with Gasteiger partial charge in [0.2, 0.25) is 0 Å². The van der Waals surface area contributed by atoms with Gasteiger partial charge in [0.25, 0.3) is 0 Å². The van der Waals surface area contributed by atoms with Crippen LogP contribution in [0.2, 0.25) is 0 Å². The molecule has 0 saturated heterocycles. The van der Waals surface area contributed by atoms with E-state index in [9.17, 15) is 0 Å². The van der Waals surface area contributed by atoms with E-state index in [1.54, 1.807) is 0 Å². The van der Waals surface area contributed by atoms with Crippen LogP contribution in [0, 0.1) is 16.7 Å². The highest BCUT2D eigenvalue weighted by Gasteiger charge is 2.16. The van der Waals surface area contributed by atoms with Gasteiger partial charge in [-0.15, -0.1) is 0 Å². The molecule has 0 heterocycles. The number of hydrogen-bond acceptors (Lipinski definition) is 3. The third-order valence-electron chi connectivity index (χ3n) is 3.48. The highest BCUT2D eigenvalue weighted by Crippen LogP contribution is 2.21. The van der Waals surface area contributed by atoms with Crippen LogP contribution in [0.1, 0.15) is 39.2 Å². The Labute approximate surface area is 117 Å². The summed E-state index contributed by atoms with van der Waals surface area (Å²) >= 11 is 0. The van der Waals surface area contributed by atoms with Crippen LogP contribution in [0.25, 0.3) is 0 Å². The lowest BCUT2D eigenvalue weighted by Gasteiger charge is -2.23. The van der Waals surface area contributed by atoms with Crippen molar-refractivity contribution in [3.05, 3.63) is 29.8 Å². The Morgan fingerprint density at radius 1 is 1.32 bits per heavy atom. The zero-order chi connectivity index (χ0) is 14.3. The van der Waals surface area contributed by atoms with Crippen LogP contribution in [0.4, 0.5) is 5.69 Å². The van der Waals surface area contributed by atoms with Crippen molar-refractivity contribution in [2.45, 2.75) is 40.2 Å². The second-order valence-corrected chi connectivity index (χ2v) is 5.67. The van der Waals surface area contributed by atoms with Crippen molar-refractivity contribution in [3.8, 4) is 6.07 Å². The Hall–Kier alpha value is -1.53. The number of hydrogen-bond donors (Lipinski definition) is 1. The molecule has 0 saturated carbocycles. The van der Waals surface area contributed by atoms with E-state index in [0.717, 1.165) is 38.2 Å². The second-order valence-electron chi connectivity index (χ2n) is 5.67. The molecule has 1 aromatic rings. The van der Waals surface area contributed by atoms with Crippen LogP contribution in [-0.2, 0) is 6.54 Å². The van der Waals surface area contributed by atoms with Crippen molar-refractivity contribution < 1.29 is 0 Å². The van der Waals surface area contributed by atoms with E-state index in [4.69, 9.17) is 11.0 Å². The smallest absolute Gasteiger partial charge is 0.0683 e. The number of benzene rings is 1. The Bertz CT molecular complexity index is 432. The number of nitriles is 1. The zero-order valence-corrected chi connectivity index (χ0v) is 12.3. The van der Waals surface area contributed by atoms with Gasteiger partial charge in [-0.3, -0.25) is 4.90 Å². The summed E-state index contributed by atoms with van der Waals surface area (Å²) in [6.45, 7) is 9.05. The van der Waals surface area contributed by atoms with Crippen LogP contribution < -0.4 is 5.73 Å². The molecule has 104 valence electrons. The molecule has 19 heavy (non-hydrogen) atoms. The summed E-state index contributed by atoms with van der Waals surface area (Å²) in [5.41, 5.74) is 7.80. The number of nitrogens with zero attached hydrogens (tertiary/aromatic N) is 2. The minimum Gasteiger partial charge on any atom is -0.398 e. The van der Waals surface area contributed by atoms with Gasteiger partial charge in [0, 0.05) is 12.2 Å². The summed E-state index contributed by atoms with van der Waals surface area (Å²) in [6.07, 6.45) is 1.98. The van der Waals surface area contributed by atoms with Crippen LogP contribution in [0.15, 0.2) is 24.3 Å². The molecular weight excluding hydrogens is 234 g/mol. The third kappa shape index (κ3) is 5.32. The number of rotatable bonds is 7. The topological polar surface area (TPSA) is 53.0 Å². The first-order valence-corrected chi connectivity index (χ1v) is 6.95. The number of anilines is 1.